The molecule has 0 aromatic heterocycles. The number of ether oxygens (including phenoxy) is 1. The van der Waals surface area contributed by atoms with E-state index in [9.17, 15) is 19.5 Å². The summed E-state index contributed by atoms with van der Waals surface area (Å²) in [6, 6.07) is -0.803. The minimum Gasteiger partial charge on any atom is -0.467 e. The summed E-state index contributed by atoms with van der Waals surface area (Å²) in [5.74, 6) is -1.13. The molecule has 1 aliphatic heterocycles. The van der Waals surface area contributed by atoms with Gasteiger partial charge in [-0.25, -0.2) is 9.59 Å². The molecular formula is C16H28N2O5. The molecule has 0 aliphatic carbocycles. The number of carbonyl (C=O) groups is 3. The first-order valence-electron chi connectivity index (χ1n) is 7.88. The van der Waals surface area contributed by atoms with Crippen molar-refractivity contribution in [3.63, 3.8) is 0 Å². The molecule has 132 valence electrons. The third-order valence-electron chi connectivity index (χ3n) is 4.64. The number of amides is 2. The first kappa shape index (κ1) is 19.3. The van der Waals surface area contributed by atoms with Gasteiger partial charge in [0.05, 0.1) is 7.11 Å². The summed E-state index contributed by atoms with van der Waals surface area (Å²) in [5.41, 5.74) is -1.80. The molecule has 1 fully saturated rings. The van der Waals surface area contributed by atoms with Gasteiger partial charge in [0.2, 0.25) is 5.91 Å². The Labute approximate surface area is 137 Å². The van der Waals surface area contributed by atoms with Crippen molar-refractivity contribution in [2.75, 3.05) is 13.7 Å². The fraction of sp³-hybridized carbons (Fsp3) is 0.812. The Morgan fingerprint density at radius 1 is 1.26 bits per heavy atom. The highest BCUT2D eigenvalue weighted by Crippen LogP contribution is 2.44. The first-order valence-corrected chi connectivity index (χ1v) is 7.88. The number of nitrogens with zero attached hydrogens (tertiary/aromatic N) is 1. The number of hydrogen-bond acceptors (Lipinski definition) is 4. The lowest BCUT2D eigenvalue weighted by Gasteiger charge is -2.46. The number of esters is 1. The van der Waals surface area contributed by atoms with Crippen molar-refractivity contribution >= 4 is 18.0 Å². The molecule has 7 nitrogen and oxygen atoms in total. The second-order valence-corrected chi connectivity index (χ2v) is 7.37. The fourth-order valence-electron chi connectivity index (χ4n) is 3.32. The molecule has 7 heteroatoms. The average molecular weight is 328 g/mol. The van der Waals surface area contributed by atoms with E-state index in [2.05, 4.69) is 5.32 Å². The summed E-state index contributed by atoms with van der Waals surface area (Å²) in [5, 5.41) is 12.2. The van der Waals surface area contributed by atoms with Gasteiger partial charge < -0.3 is 15.2 Å². The Balaban J connectivity index is 3.21. The number of nitrogens with one attached hydrogen (secondary N) is 1. The van der Waals surface area contributed by atoms with Crippen LogP contribution >= 0.6 is 0 Å². The van der Waals surface area contributed by atoms with Crippen LogP contribution in [0.3, 0.4) is 0 Å². The zero-order valence-corrected chi connectivity index (χ0v) is 14.8. The fourth-order valence-corrected chi connectivity index (χ4v) is 3.32. The van der Waals surface area contributed by atoms with E-state index < -0.39 is 35.0 Å². The minimum atomic E-state index is -1.19. The monoisotopic (exact) mass is 328 g/mol. The van der Waals surface area contributed by atoms with Crippen LogP contribution in [-0.2, 0) is 14.3 Å². The second kappa shape index (κ2) is 6.76. The van der Waals surface area contributed by atoms with Crippen molar-refractivity contribution in [1.82, 2.24) is 10.2 Å². The van der Waals surface area contributed by atoms with Crippen LogP contribution in [0.5, 0.6) is 0 Å². The number of methoxy groups -OCH3 is 1. The molecule has 2 amide bonds. The zero-order valence-electron chi connectivity index (χ0n) is 14.8. The maximum Gasteiger partial charge on any atom is 0.408 e. The molecular weight excluding hydrogens is 300 g/mol. The van der Waals surface area contributed by atoms with Crippen molar-refractivity contribution in [3.8, 4) is 0 Å². The summed E-state index contributed by atoms with van der Waals surface area (Å²) in [4.78, 5) is 37.8. The van der Waals surface area contributed by atoms with Crippen LogP contribution in [0.1, 0.15) is 47.5 Å². The largest absolute Gasteiger partial charge is 0.467 e. The molecule has 2 atom stereocenters. The molecule has 0 radical (unpaired) electrons. The molecule has 0 spiro atoms. The second-order valence-electron chi connectivity index (χ2n) is 7.37. The van der Waals surface area contributed by atoms with Gasteiger partial charge >= 0.3 is 12.1 Å². The predicted octanol–water partition coefficient (Wildman–Crippen LogP) is 1.86. The van der Waals surface area contributed by atoms with Gasteiger partial charge in [0, 0.05) is 6.54 Å². The minimum absolute atomic E-state index is 0.164. The third-order valence-corrected chi connectivity index (χ3v) is 4.64. The molecule has 1 saturated heterocycles. The number of carboxylic acid groups (broad SMARTS) is 1. The van der Waals surface area contributed by atoms with Gasteiger partial charge in [0.15, 0.2) is 0 Å². The standard InChI is InChI=1S/C16H28N2O5/c1-10(2)11(12(19)23-6)17-13(20)16(15(3,4)5)8-7-9-18(16)14(21)22/h10-11H,7-9H2,1-6H3,(H,17,20)(H,21,22)/t11?,16-/m1/s1. The van der Waals surface area contributed by atoms with Crippen LogP contribution < -0.4 is 5.32 Å². The summed E-state index contributed by atoms with van der Waals surface area (Å²) in [6.07, 6.45) is -0.0749. The van der Waals surface area contributed by atoms with E-state index in [0.29, 0.717) is 19.4 Å². The maximum atomic E-state index is 13.0. The van der Waals surface area contributed by atoms with Gasteiger partial charge in [0.25, 0.3) is 0 Å². The van der Waals surface area contributed by atoms with E-state index in [1.807, 2.05) is 20.8 Å². The van der Waals surface area contributed by atoms with E-state index >= 15 is 0 Å². The number of hydrogen-bond donors (Lipinski definition) is 2. The van der Waals surface area contributed by atoms with Crippen molar-refractivity contribution in [1.29, 1.82) is 0 Å². The molecule has 0 aromatic rings. The lowest BCUT2D eigenvalue weighted by molar-refractivity contribution is -0.149. The molecule has 0 saturated carbocycles. The van der Waals surface area contributed by atoms with Crippen LogP contribution in [0.4, 0.5) is 4.79 Å². The van der Waals surface area contributed by atoms with Gasteiger partial charge in [0.1, 0.15) is 11.6 Å². The highest BCUT2D eigenvalue weighted by Gasteiger charge is 2.57. The van der Waals surface area contributed by atoms with Crippen molar-refractivity contribution in [3.05, 3.63) is 0 Å². The number of rotatable bonds is 4. The van der Waals surface area contributed by atoms with Crippen LogP contribution in [0, 0.1) is 11.3 Å². The third kappa shape index (κ3) is 3.43. The van der Waals surface area contributed by atoms with E-state index in [1.54, 1.807) is 13.8 Å². The lowest BCUT2D eigenvalue weighted by Crippen LogP contribution is -2.66. The normalized spacial score (nSPS) is 22.8. The van der Waals surface area contributed by atoms with Crippen LogP contribution in [-0.4, -0.2) is 53.2 Å². The van der Waals surface area contributed by atoms with Gasteiger partial charge in [-0.3, -0.25) is 9.69 Å². The van der Waals surface area contributed by atoms with Crippen molar-refractivity contribution in [2.45, 2.75) is 59.0 Å². The maximum absolute atomic E-state index is 13.0. The first-order chi connectivity index (χ1) is 10.5. The summed E-state index contributed by atoms with van der Waals surface area (Å²) in [7, 11) is 1.27. The van der Waals surface area contributed by atoms with Crippen LogP contribution in [0.2, 0.25) is 0 Å². The molecule has 1 heterocycles. The Morgan fingerprint density at radius 2 is 1.83 bits per heavy atom. The molecule has 1 unspecified atom stereocenters. The highest BCUT2D eigenvalue weighted by molar-refractivity contribution is 5.94. The Bertz CT molecular complexity index is 483. The van der Waals surface area contributed by atoms with Gasteiger partial charge in [-0.05, 0) is 24.2 Å². The SMILES string of the molecule is COC(=O)C(NC(=O)[C@@]1(C(C)(C)C)CCCN1C(=O)O)C(C)C. The topological polar surface area (TPSA) is 95.9 Å². The highest BCUT2D eigenvalue weighted by atomic mass is 16.5. The van der Waals surface area contributed by atoms with E-state index in [0.717, 1.165) is 0 Å². The van der Waals surface area contributed by atoms with Crippen LogP contribution in [0.25, 0.3) is 0 Å². The van der Waals surface area contributed by atoms with E-state index in [4.69, 9.17) is 4.74 Å². The zero-order chi connectivity index (χ0) is 18.0. The average Bonchev–Trinajstić information content (AvgIpc) is 2.89. The summed E-state index contributed by atoms with van der Waals surface area (Å²) in [6.45, 7) is 9.44. The lowest BCUT2D eigenvalue weighted by atomic mass is 9.71. The van der Waals surface area contributed by atoms with E-state index in [-0.39, 0.29) is 5.92 Å². The molecule has 23 heavy (non-hydrogen) atoms. The predicted molar refractivity (Wildman–Crippen MR) is 84.9 cm³/mol. The quantitative estimate of drug-likeness (QED) is 0.768. The van der Waals surface area contributed by atoms with Gasteiger partial charge in [-0.2, -0.15) is 0 Å². The molecule has 0 aromatic carbocycles. The number of carbonyl (C=O) groups excluding carboxylic acids is 2. The number of likely N-dealkylation sites (tertiary alicyclic amines) is 1. The van der Waals surface area contributed by atoms with Crippen molar-refractivity contribution in [2.24, 2.45) is 11.3 Å². The summed E-state index contributed by atoms with van der Waals surface area (Å²) >= 11 is 0. The van der Waals surface area contributed by atoms with E-state index in [1.165, 1.54) is 12.0 Å². The van der Waals surface area contributed by atoms with Gasteiger partial charge in [-0.1, -0.05) is 34.6 Å². The van der Waals surface area contributed by atoms with Gasteiger partial charge in [-0.15, -0.1) is 0 Å². The smallest absolute Gasteiger partial charge is 0.408 e. The Kier molecular flexibility index (Phi) is 5.66. The molecule has 2 N–H and O–H groups in total. The molecule has 0 bridgehead atoms. The Hall–Kier alpha value is -1.79. The Morgan fingerprint density at radius 3 is 2.22 bits per heavy atom. The molecule has 1 rings (SSSR count). The van der Waals surface area contributed by atoms with Crippen molar-refractivity contribution < 1.29 is 24.2 Å². The van der Waals surface area contributed by atoms with Crippen LogP contribution in [0.15, 0.2) is 0 Å². The summed E-state index contributed by atoms with van der Waals surface area (Å²) < 4.78 is 4.75. The molecule has 1 aliphatic rings.